The van der Waals surface area contributed by atoms with Crippen LogP contribution in [0.3, 0.4) is 0 Å². The summed E-state index contributed by atoms with van der Waals surface area (Å²) in [7, 11) is 0. The lowest BCUT2D eigenvalue weighted by atomic mass is 10.1. The summed E-state index contributed by atoms with van der Waals surface area (Å²) in [6, 6.07) is 10.2. The van der Waals surface area contributed by atoms with Crippen molar-refractivity contribution in [2.75, 3.05) is 6.61 Å². The molecule has 0 aliphatic rings. The predicted octanol–water partition coefficient (Wildman–Crippen LogP) is 4.07. The molecule has 1 unspecified atom stereocenters. The molecule has 0 saturated heterocycles. The van der Waals surface area contributed by atoms with E-state index in [4.69, 9.17) is 9.84 Å². The largest absolute Gasteiger partial charge is 0.494 e. The lowest BCUT2D eigenvalue weighted by Gasteiger charge is -2.10. The van der Waals surface area contributed by atoms with Gasteiger partial charge in [0, 0.05) is 36.8 Å². The van der Waals surface area contributed by atoms with Gasteiger partial charge in [-0.2, -0.15) is 5.10 Å². The predicted molar refractivity (Wildman–Crippen MR) is 124 cm³/mol. The number of aromatic nitrogens is 5. The first-order valence-corrected chi connectivity index (χ1v) is 11.3. The highest BCUT2D eigenvalue weighted by Crippen LogP contribution is 2.24. The van der Waals surface area contributed by atoms with Crippen LogP contribution in [0.1, 0.15) is 52.3 Å². The molecule has 0 aliphatic heterocycles. The van der Waals surface area contributed by atoms with E-state index in [0.717, 1.165) is 59.9 Å². The third-order valence-electron chi connectivity index (χ3n) is 5.60. The van der Waals surface area contributed by atoms with Crippen LogP contribution in [0.5, 0.6) is 5.75 Å². The lowest BCUT2D eigenvalue weighted by molar-refractivity contribution is -0.121. The maximum absolute atomic E-state index is 12.1. The normalized spacial score (nSPS) is 12.3. The standard InChI is InChI=1S/C24H30N6O2/c1-4-6-15-32-19-9-7-18(8-10-19)20-16-21-24-27-26-22(29(24)13-14-30(21)28-20)11-12-23(31)25-17(3)5-2/h7-10,13-14,16-17H,4-6,11-12,15H2,1-3H3,(H,25,31). The maximum Gasteiger partial charge on any atom is 0.220 e. The summed E-state index contributed by atoms with van der Waals surface area (Å²) in [5.74, 6) is 1.66. The quantitative estimate of drug-likeness (QED) is 0.380. The van der Waals surface area contributed by atoms with Crippen LogP contribution in [-0.2, 0) is 11.2 Å². The van der Waals surface area contributed by atoms with Gasteiger partial charge >= 0.3 is 0 Å². The van der Waals surface area contributed by atoms with E-state index in [2.05, 4.69) is 29.4 Å². The van der Waals surface area contributed by atoms with E-state index in [0.29, 0.717) is 12.8 Å². The SMILES string of the molecule is CCCCOc1ccc(-c2cc3c4nnc(CCC(=O)NC(C)CC)n4ccn3n2)cc1. The van der Waals surface area contributed by atoms with Gasteiger partial charge in [-0.1, -0.05) is 20.3 Å². The van der Waals surface area contributed by atoms with Gasteiger partial charge in [0.2, 0.25) is 5.91 Å². The summed E-state index contributed by atoms with van der Waals surface area (Å²) in [6.07, 6.45) is 7.77. The maximum atomic E-state index is 12.1. The van der Waals surface area contributed by atoms with Gasteiger partial charge in [0.1, 0.15) is 17.1 Å². The number of aryl methyl sites for hydroxylation is 1. The Morgan fingerprint density at radius 2 is 1.97 bits per heavy atom. The molecule has 168 valence electrons. The summed E-state index contributed by atoms with van der Waals surface area (Å²) in [6.45, 7) is 6.94. The van der Waals surface area contributed by atoms with Crippen LogP contribution in [0, 0.1) is 0 Å². The number of carbonyl (C=O) groups excluding carboxylic acids is 1. The molecule has 0 spiro atoms. The van der Waals surface area contributed by atoms with Crippen molar-refractivity contribution in [3.63, 3.8) is 0 Å². The first kappa shape index (κ1) is 21.8. The third-order valence-corrected chi connectivity index (χ3v) is 5.60. The number of carbonyl (C=O) groups is 1. The number of benzene rings is 1. The van der Waals surface area contributed by atoms with E-state index in [1.165, 1.54) is 0 Å². The van der Waals surface area contributed by atoms with E-state index >= 15 is 0 Å². The molecule has 32 heavy (non-hydrogen) atoms. The zero-order chi connectivity index (χ0) is 22.5. The van der Waals surface area contributed by atoms with Gasteiger partial charge in [0.15, 0.2) is 5.65 Å². The Kier molecular flexibility index (Phi) is 6.68. The van der Waals surface area contributed by atoms with Gasteiger partial charge < -0.3 is 10.1 Å². The van der Waals surface area contributed by atoms with Gasteiger partial charge in [-0.05, 0) is 50.1 Å². The second-order valence-corrected chi connectivity index (χ2v) is 8.07. The second-order valence-electron chi connectivity index (χ2n) is 8.07. The molecule has 1 aromatic carbocycles. The van der Waals surface area contributed by atoms with Crippen molar-refractivity contribution in [1.29, 1.82) is 0 Å². The molecule has 0 bridgehead atoms. The van der Waals surface area contributed by atoms with Gasteiger partial charge in [-0.15, -0.1) is 10.2 Å². The van der Waals surface area contributed by atoms with Crippen LogP contribution >= 0.6 is 0 Å². The molecular weight excluding hydrogens is 404 g/mol. The Morgan fingerprint density at radius 3 is 2.72 bits per heavy atom. The molecule has 3 aromatic heterocycles. The molecule has 1 atom stereocenters. The summed E-state index contributed by atoms with van der Waals surface area (Å²) < 4.78 is 9.49. The van der Waals surface area contributed by atoms with Crippen LogP contribution in [0.4, 0.5) is 0 Å². The number of hydrogen-bond donors (Lipinski definition) is 1. The van der Waals surface area contributed by atoms with E-state index in [-0.39, 0.29) is 11.9 Å². The zero-order valence-electron chi connectivity index (χ0n) is 18.9. The number of hydrogen-bond acceptors (Lipinski definition) is 5. The Hall–Kier alpha value is -3.42. The monoisotopic (exact) mass is 434 g/mol. The fraction of sp³-hybridized carbons (Fsp3) is 0.417. The minimum atomic E-state index is 0.0333. The number of nitrogens with zero attached hydrogens (tertiary/aromatic N) is 5. The van der Waals surface area contributed by atoms with Gasteiger partial charge in [-0.3, -0.25) is 9.20 Å². The smallest absolute Gasteiger partial charge is 0.220 e. The Labute approximate surface area is 187 Å². The highest BCUT2D eigenvalue weighted by Gasteiger charge is 2.14. The number of fused-ring (bicyclic) bond motifs is 3. The Balaban J connectivity index is 1.52. The third kappa shape index (κ3) is 4.74. The van der Waals surface area contributed by atoms with Crippen LogP contribution in [-0.4, -0.2) is 42.8 Å². The molecule has 0 saturated carbocycles. The lowest BCUT2D eigenvalue weighted by Crippen LogP contribution is -2.32. The van der Waals surface area contributed by atoms with Gasteiger partial charge in [-0.25, -0.2) is 4.52 Å². The molecule has 1 N–H and O–H groups in total. The number of rotatable bonds is 10. The molecule has 8 heteroatoms. The molecular formula is C24H30N6O2. The molecule has 0 aliphatic carbocycles. The molecule has 8 nitrogen and oxygen atoms in total. The van der Waals surface area contributed by atoms with E-state index in [1.807, 2.05) is 58.6 Å². The van der Waals surface area contributed by atoms with Crippen molar-refractivity contribution in [1.82, 2.24) is 29.5 Å². The van der Waals surface area contributed by atoms with Crippen molar-refractivity contribution in [3.05, 3.63) is 48.5 Å². The summed E-state index contributed by atoms with van der Waals surface area (Å²) in [5, 5.41) is 16.4. The van der Waals surface area contributed by atoms with Crippen molar-refractivity contribution < 1.29 is 9.53 Å². The Bertz CT molecular complexity index is 1190. The molecule has 4 aromatic rings. The first-order valence-electron chi connectivity index (χ1n) is 11.3. The van der Waals surface area contributed by atoms with Crippen molar-refractivity contribution in [2.45, 2.75) is 58.9 Å². The van der Waals surface area contributed by atoms with E-state index in [1.54, 1.807) is 0 Å². The number of nitrogens with one attached hydrogen (secondary N) is 1. The van der Waals surface area contributed by atoms with Crippen LogP contribution in [0.25, 0.3) is 22.4 Å². The molecule has 1 amide bonds. The van der Waals surface area contributed by atoms with Crippen molar-refractivity contribution in [3.8, 4) is 17.0 Å². The van der Waals surface area contributed by atoms with Crippen LogP contribution in [0.15, 0.2) is 42.7 Å². The molecule has 4 rings (SSSR count). The van der Waals surface area contributed by atoms with Crippen molar-refractivity contribution >= 4 is 17.1 Å². The highest BCUT2D eigenvalue weighted by atomic mass is 16.5. The second kappa shape index (κ2) is 9.80. The van der Waals surface area contributed by atoms with Crippen LogP contribution in [0.2, 0.25) is 0 Å². The first-order chi connectivity index (χ1) is 15.6. The van der Waals surface area contributed by atoms with Crippen LogP contribution < -0.4 is 10.1 Å². The fourth-order valence-electron chi connectivity index (χ4n) is 3.50. The number of ether oxygens (including phenoxy) is 1. The van der Waals surface area contributed by atoms with E-state index in [9.17, 15) is 4.79 Å². The molecule has 0 radical (unpaired) electrons. The minimum Gasteiger partial charge on any atom is -0.494 e. The minimum absolute atomic E-state index is 0.0333. The molecule has 0 fully saturated rings. The average molecular weight is 435 g/mol. The van der Waals surface area contributed by atoms with E-state index < -0.39 is 0 Å². The summed E-state index contributed by atoms with van der Waals surface area (Å²) >= 11 is 0. The number of amides is 1. The highest BCUT2D eigenvalue weighted by molar-refractivity contribution is 5.77. The molecule has 3 heterocycles. The van der Waals surface area contributed by atoms with Gasteiger partial charge in [0.05, 0.1) is 12.3 Å². The zero-order valence-corrected chi connectivity index (χ0v) is 18.9. The summed E-state index contributed by atoms with van der Waals surface area (Å²) in [5.41, 5.74) is 3.46. The average Bonchev–Trinajstić information content (AvgIpc) is 3.42. The van der Waals surface area contributed by atoms with Gasteiger partial charge in [0.25, 0.3) is 0 Å². The topological polar surface area (TPSA) is 85.8 Å². The van der Waals surface area contributed by atoms with Crippen molar-refractivity contribution in [2.24, 2.45) is 0 Å². The Morgan fingerprint density at radius 1 is 1.16 bits per heavy atom. The number of unbranched alkanes of at least 4 members (excludes halogenated alkanes) is 1. The fourth-order valence-corrected chi connectivity index (χ4v) is 3.50. The summed E-state index contributed by atoms with van der Waals surface area (Å²) in [4.78, 5) is 12.1.